The monoisotopic (exact) mass is 554 g/mol. The molecule has 2 aromatic carbocycles. The van der Waals surface area contributed by atoms with Gasteiger partial charge in [0.1, 0.15) is 29.2 Å². The number of alkyl carbamates (subject to hydrolysis) is 1. The van der Waals surface area contributed by atoms with E-state index in [1.807, 2.05) is 0 Å². The molecule has 1 aliphatic rings. The summed E-state index contributed by atoms with van der Waals surface area (Å²) in [6, 6.07) is 10.2. The maximum absolute atomic E-state index is 14.2. The van der Waals surface area contributed by atoms with Gasteiger partial charge in [-0.25, -0.2) is 4.79 Å². The van der Waals surface area contributed by atoms with Crippen LogP contribution in [0.25, 0.3) is 0 Å². The van der Waals surface area contributed by atoms with E-state index in [0.29, 0.717) is 29.8 Å². The number of hydrogen-bond acceptors (Lipinski definition) is 7. The standard InChI is InChI=1S/C29H38N4O7/c1-29(2,3)40-28(38)32-23(15-16-24(30)35)27(37)33(20-8-6-9-20)25(18-7-5-10-21(34)17-18)26(36)31-19-11-13-22(39-4)14-12-19/h5,7,10-14,17,20,23,25,34H,6,8-9,15-16H2,1-4H3,(H2,30,35)(H,31,36)(H,32,38). The predicted octanol–water partition coefficient (Wildman–Crippen LogP) is 3.62. The SMILES string of the molecule is COc1ccc(NC(=O)C(c2cccc(O)c2)N(C(=O)C(CCC(N)=O)NC(=O)OC(C)(C)C)C2CCC2)cc1. The van der Waals surface area contributed by atoms with Gasteiger partial charge in [0.05, 0.1) is 7.11 Å². The molecular weight excluding hydrogens is 516 g/mol. The zero-order valence-electron chi connectivity index (χ0n) is 23.3. The smallest absolute Gasteiger partial charge is 0.408 e. The number of benzene rings is 2. The number of nitrogens with two attached hydrogens (primary N) is 1. The van der Waals surface area contributed by atoms with Crippen LogP contribution in [-0.2, 0) is 19.1 Å². The molecule has 0 spiro atoms. The molecule has 2 aromatic rings. The number of methoxy groups -OCH3 is 1. The van der Waals surface area contributed by atoms with Crippen LogP contribution in [0.4, 0.5) is 10.5 Å². The number of hydrogen-bond donors (Lipinski definition) is 4. The minimum atomic E-state index is -1.18. The predicted molar refractivity (Wildman–Crippen MR) is 149 cm³/mol. The molecule has 1 aliphatic carbocycles. The van der Waals surface area contributed by atoms with E-state index in [1.54, 1.807) is 57.2 Å². The molecule has 1 saturated carbocycles. The number of primary amides is 1. The first-order valence-electron chi connectivity index (χ1n) is 13.2. The molecule has 0 saturated heterocycles. The summed E-state index contributed by atoms with van der Waals surface area (Å²) in [5.41, 5.74) is 5.41. The van der Waals surface area contributed by atoms with Crippen LogP contribution < -0.4 is 21.1 Å². The number of phenolic OH excluding ortho intramolecular Hbond substituents is 1. The Labute approximate surface area is 234 Å². The molecule has 4 amide bonds. The first kappa shape index (κ1) is 30.3. The number of aromatic hydroxyl groups is 1. The summed E-state index contributed by atoms with van der Waals surface area (Å²) in [5, 5.41) is 15.7. The molecule has 11 heteroatoms. The van der Waals surface area contributed by atoms with Crippen molar-refractivity contribution in [3.63, 3.8) is 0 Å². The van der Waals surface area contributed by atoms with Gasteiger partial charge in [0.25, 0.3) is 5.91 Å². The molecule has 216 valence electrons. The fourth-order valence-electron chi connectivity index (χ4n) is 4.37. The average Bonchev–Trinajstić information content (AvgIpc) is 2.84. The van der Waals surface area contributed by atoms with Crippen molar-refractivity contribution >= 4 is 29.5 Å². The van der Waals surface area contributed by atoms with Gasteiger partial charge in [-0.3, -0.25) is 14.4 Å². The highest BCUT2D eigenvalue weighted by atomic mass is 16.6. The second-order valence-corrected chi connectivity index (χ2v) is 10.7. The third kappa shape index (κ3) is 8.36. The van der Waals surface area contributed by atoms with Gasteiger partial charge in [-0.1, -0.05) is 12.1 Å². The third-order valence-corrected chi connectivity index (χ3v) is 6.46. The van der Waals surface area contributed by atoms with Gasteiger partial charge in [0, 0.05) is 18.2 Å². The topological polar surface area (TPSA) is 160 Å². The lowest BCUT2D eigenvalue weighted by Gasteiger charge is -2.43. The van der Waals surface area contributed by atoms with E-state index in [4.69, 9.17) is 15.2 Å². The fourth-order valence-corrected chi connectivity index (χ4v) is 4.37. The van der Waals surface area contributed by atoms with Crippen LogP contribution in [0.2, 0.25) is 0 Å². The summed E-state index contributed by atoms with van der Waals surface area (Å²) >= 11 is 0. The molecule has 11 nitrogen and oxygen atoms in total. The van der Waals surface area contributed by atoms with Crippen LogP contribution in [0.15, 0.2) is 48.5 Å². The van der Waals surface area contributed by atoms with Crippen LogP contribution in [0.5, 0.6) is 11.5 Å². The number of carbonyl (C=O) groups is 4. The van der Waals surface area contributed by atoms with Gasteiger partial charge in [-0.05, 0) is 88.4 Å². The summed E-state index contributed by atoms with van der Waals surface area (Å²) in [4.78, 5) is 53.8. The summed E-state index contributed by atoms with van der Waals surface area (Å²) in [7, 11) is 1.54. The number of carbonyl (C=O) groups excluding carboxylic acids is 4. The highest BCUT2D eigenvalue weighted by molar-refractivity contribution is 5.99. The quantitative estimate of drug-likeness (QED) is 0.330. The summed E-state index contributed by atoms with van der Waals surface area (Å²) in [6.07, 6.45) is 1.06. The lowest BCUT2D eigenvalue weighted by Crippen LogP contribution is -2.57. The van der Waals surface area contributed by atoms with Crippen molar-refractivity contribution in [1.82, 2.24) is 10.2 Å². The lowest BCUT2D eigenvalue weighted by atomic mass is 9.87. The molecule has 5 N–H and O–H groups in total. The van der Waals surface area contributed by atoms with Crippen LogP contribution in [-0.4, -0.2) is 58.6 Å². The Balaban J connectivity index is 2.01. The first-order valence-corrected chi connectivity index (χ1v) is 13.2. The van der Waals surface area contributed by atoms with Gasteiger partial charge in [0.2, 0.25) is 11.8 Å². The zero-order valence-corrected chi connectivity index (χ0v) is 23.3. The van der Waals surface area contributed by atoms with E-state index in [0.717, 1.165) is 6.42 Å². The van der Waals surface area contributed by atoms with Gasteiger partial charge in [-0.2, -0.15) is 0 Å². The zero-order chi connectivity index (χ0) is 29.4. The molecule has 2 unspecified atom stereocenters. The molecule has 1 fully saturated rings. The molecule has 0 aromatic heterocycles. The largest absolute Gasteiger partial charge is 0.508 e. The van der Waals surface area contributed by atoms with E-state index in [-0.39, 0.29) is 24.6 Å². The summed E-state index contributed by atoms with van der Waals surface area (Å²) in [5.74, 6) is -1.17. The Morgan fingerprint density at radius 3 is 2.30 bits per heavy atom. The molecule has 0 bridgehead atoms. The highest BCUT2D eigenvalue weighted by Gasteiger charge is 2.42. The molecule has 0 heterocycles. The first-order chi connectivity index (χ1) is 18.9. The molecule has 0 aliphatic heterocycles. The van der Waals surface area contributed by atoms with Crippen molar-refractivity contribution in [2.45, 2.75) is 76.6 Å². The minimum absolute atomic E-state index is 0.0714. The van der Waals surface area contributed by atoms with Crippen LogP contribution in [0, 0.1) is 0 Å². The third-order valence-electron chi connectivity index (χ3n) is 6.46. The number of nitrogens with one attached hydrogen (secondary N) is 2. The fraction of sp³-hybridized carbons (Fsp3) is 0.448. The van der Waals surface area contributed by atoms with E-state index in [9.17, 15) is 24.3 Å². The second kappa shape index (κ2) is 13.2. The summed E-state index contributed by atoms with van der Waals surface area (Å²) < 4.78 is 10.5. The van der Waals surface area contributed by atoms with E-state index in [1.165, 1.54) is 24.1 Å². The van der Waals surface area contributed by atoms with E-state index < -0.39 is 41.5 Å². The normalized spacial score (nSPS) is 14.7. The van der Waals surface area contributed by atoms with Crippen molar-refractivity contribution in [3.05, 3.63) is 54.1 Å². The van der Waals surface area contributed by atoms with Crippen LogP contribution in [0.1, 0.15) is 64.5 Å². The number of rotatable bonds is 11. The maximum atomic E-state index is 14.2. The number of nitrogens with zero attached hydrogens (tertiary/aromatic N) is 1. The highest BCUT2D eigenvalue weighted by Crippen LogP contribution is 2.35. The second-order valence-electron chi connectivity index (χ2n) is 10.7. The van der Waals surface area contributed by atoms with Crippen molar-refractivity contribution in [3.8, 4) is 11.5 Å². The van der Waals surface area contributed by atoms with Crippen molar-refractivity contribution < 1.29 is 33.8 Å². The lowest BCUT2D eigenvalue weighted by molar-refractivity contribution is -0.146. The Morgan fingerprint density at radius 1 is 1.10 bits per heavy atom. The van der Waals surface area contributed by atoms with Crippen molar-refractivity contribution in [1.29, 1.82) is 0 Å². The van der Waals surface area contributed by atoms with E-state index >= 15 is 0 Å². The Kier molecular flexibility index (Phi) is 9.98. The van der Waals surface area contributed by atoms with Gasteiger partial charge in [-0.15, -0.1) is 0 Å². The minimum Gasteiger partial charge on any atom is -0.508 e. The molecule has 3 rings (SSSR count). The number of phenols is 1. The number of ether oxygens (including phenoxy) is 2. The van der Waals surface area contributed by atoms with Crippen LogP contribution >= 0.6 is 0 Å². The van der Waals surface area contributed by atoms with Crippen molar-refractivity contribution in [2.75, 3.05) is 12.4 Å². The van der Waals surface area contributed by atoms with Gasteiger partial charge < -0.3 is 35.8 Å². The van der Waals surface area contributed by atoms with Gasteiger partial charge in [0.15, 0.2) is 0 Å². The average molecular weight is 555 g/mol. The van der Waals surface area contributed by atoms with Crippen molar-refractivity contribution in [2.24, 2.45) is 5.73 Å². The van der Waals surface area contributed by atoms with E-state index in [2.05, 4.69) is 10.6 Å². The maximum Gasteiger partial charge on any atom is 0.408 e. The molecular formula is C29H38N4O7. The Hall–Kier alpha value is -4.28. The summed E-state index contributed by atoms with van der Waals surface area (Å²) in [6.45, 7) is 5.07. The number of amides is 4. The Bertz CT molecular complexity index is 1210. The van der Waals surface area contributed by atoms with Gasteiger partial charge >= 0.3 is 6.09 Å². The molecule has 40 heavy (non-hydrogen) atoms. The molecule has 2 atom stereocenters. The number of anilines is 1. The Morgan fingerprint density at radius 2 is 1.77 bits per heavy atom. The van der Waals surface area contributed by atoms with Crippen LogP contribution in [0.3, 0.4) is 0 Å². The molecule has 0 radical (unpaired) electrons.